The molecule has 1 unspecified atom stereocenters. The number of alkyl halides is 3. The number of ether oxygens (including phenoxy) is 2. The molecule has 5 nitrogen and oxygen atoms in total. The number of amides is 1. The van der Waals surface area contributed by atoms with Crippen LogP contribution in [0.15, 0.2) is 48.5 Å². The summed E-state index contributed by atoms with van der Waals surface area (Å²) < 4.78 is 64.0. The topological polar surface area (TPSA) is 50.8 Å². The first-order chi connectivity index (χ1) is 15.2. The molecule has 0 aromatic heterocycles. The zero-order valence-corrected chi connectivity index (χ0v) is 17.3. The van der Waals surface area contributed by atoms with E-state index in [4.69, 9.17) is 9.47 Å². The molecule has 9 heteroatoms. The van der Waals surface area contributed by atoms with Crippen molar-refractivity contribution in [3.63, 3.8) is 0 Å². The van der Waals surface area contributed by atoms with Crippen LogP contribution in [0.5, 0.6) is 5.75 Å². The molecule has 2 aromatic carbocycles. The van der Waals surface area contributed by atoms with Gasteiger partial charge in [0.15, 0.2) is 0 Å². The summed E-state index contributed by atoms with van der Waals surface area (Å²) in [5, 5.41) is 2.70. The minimum atomic E-state index is -4.47. The third-order valence-corrected chi connectivity index (χ3v) is 6.02. The van der Waals surface area contributed by atoms with E-state index in [2.05, 4.69) is 10.2 Å². The van der Waals surface area contributed by atoms with E-state index in [-0.39, 0.29) is 11.8 Å². The number of piperidine rings is 1. The van der Waals surface area contributed by atoms with Crippen molar-refractivity contribution in [1.29, 1.82) is 0 Å². The summed E-state index contributed by atoms with van der Waals surface area (Å²) in [7, 11) is 0. The smallest absolute Gasteiger partial charge is 0.416 e. The Morgan fingerprint density at radius 3 is 2.47 bits per heavy atom. The van der Waals surface area contributed by atoms with Crippen LogP contribution in [0.25, 0.3) is 0 Å². The molecule has 2 aliphatic rings. The quantitative estimate of drug-likeness (QED) is 0.632. The molecule has 1 amide bonds. The second-order valence-corrected chi connectivity index (χ2v) is 8.24. The Morgan fingerprint density at radius 1 is 1.12 bits per heavy atom. The van der Waals surface area contributed by atoms with Crippen molar-refractivity contribution in [3.05, 3.63) is 65.5 Å². The van der Waals surface area contributed by atoms with E-state index in [9.17, 15) is 22.4 Å². The van der Waals surface area contributed by atoms with Gasteiger partial charge in [0.25, 0.3) is 0 Å². The maximum Gasteiger partial charge on any atom is 0.416 e. The zero-order valence-electron chi connectivity index (χ0n) is 17.3. The highest BCUT2D eigenvalue weighted by molar-refractivity contribution is 5.70. The monoisotopic (exact) mass is 452 g/mol. The van der Waals surface area contributed by atoms with Crippen molar-refractivity contribution in [2.75, 3.05) is 26.2 Å². The van der Waals surface area contributed by atoms with Gasteiger partial charge in [-0.3, -0.25) is 0 Å². The fourth-order valence-corrected chi connectivity index (χ4v) is 4.15. The molecule has 0 radical (unpaired) electrons. The van der Waals surface area contributed by atoms with E-state index in [1.807, 2.05) is 0 Å². The number of carbonyl (C=O) groups excluding carboxylic acids is 1. The number of rotatable bonds is 6. The van der Waals surface area contributed by atoms with E-state index in [0.29, 0.717) is 37.9 Å². The highest BCUT2D eigenvalue weighted by Gasteiger charge is 2.42. The van der Waals surface area contributed by atoms with Crippen LogP contribution in [0.3, 0.4) is 0 Å². The van der Waals surface area contributed by atoms with Gasteiger partial charge in [-0.25, -0.2) is 9.18 Å². The number of nitrogens with one attached hydrogen (secondary N) is 1. The number of hydrogen-bond acceptors (Lipinski definition) is 4. The Balaban J connectivity index is 1.43. The highest BCUT2D eigenvalue weighted by atomic mass is 19.4. The Hall–Kier alpha value is -2.81. The number of carbonyl (C=O) groups is 1. The second kappa shape index (κ2) is 8.97. The average Bonchev–Trinajstić information content (AvgIpc) is 3.12. The number of alkyl carbamates (subject to hydrolysis) is 1. The number of likely N-dealkylation sites (tertiary alicyclic amines) is 1. The summed E-state index contributed by atoms with van der Waals surface area (Å²) in [6, 6.07) is 10.5. The van der Waals surface area contributed by atoms with Crippen molar-refractivity contribution < 1.29 is 31.8 Å². The van der Waals surface area contributed by atoms with Crippen LogP contribution in [0.2, 0.25) is 0 Å². The molecule has 2 aliphatic heterocycles. The maximum absolute atomic E-state index is 13.4. The molecule has 4 rings (SSSR count). The minimum absolute atomic E-state index is 0.107. The van der Waals surface area contributed by atoms with Gasteiger partial charge in [0, 0.05) is 38.9 Å². The van der Waals surface area contributed by atoms with Crippen LogP contribution in [-0.2, 0) is 10.9 Å². The molecule has 172 valence electrons. The summed E-state index contributed by atoms with van der Waals surface area (Å²) in [4.78, 5) is 13.6. The van der Waals surface area contributed by atoms with Crippen molar-refractivity contribution in [2.24, 2.45) is 0 Å². The van der Waals surface area contributed by atoms with Crippen molar-refractivity contribution >= 4 is 6.09 Å². The highest BCUT2D eigenvalue weighted by Crippen LogP contribution is 2.34. The van der Waals surface area contributed by atoms with Gasteiger partial charge in [0.2, 0.25) is 0 Å². The number of hydrogen-bond donors (Lipinski definition) is 1. The summed E-state index contributed by atoms with van der Waals surface area (Å²) in [5.41, 5.74) is -0.543. The van der Waals surface area contributed by atoms with Gasteiger partial charge in [0.1, 0.15) is 23.3 Å². The Kier molecular flexibility index (Phi) is 6.28. The first kappa shape index (κ1) is 22.4. The lowest BCUT2D eigenvalue weighted by Gasteiger charge is -2.37. The van der Waals surface area contributed by atoms with Gasteiger partial charge in [-0.15, -0.1) is 0 Å². The molecule has 0 saturated carbocycles. The molecule has 1 atom stereocenters. The SMILES string of the molecule is O=C1NCC2(CCN(CCC(Oc3cccc(C(F)(F)F)c3)c3ccc(F)cc3)CC2)O1. The standard InChI is InChI=1S/C23H24F4N2O3/c24-18-6-4-16(5-7-18)20(31-19-3-1-2-17(14-19)23(25,26)27)8-11-29-12-9-22(10-13-29)15-28-21(30)32-22/h1-7,14,20H,8-13,15H2,(H,28,30). The first-order valence-corrected chi connectivity index (χ1v) is 10.5. The van der Waals surface area contributed by atoms with E-state index >= 15 is 0 Å². The van der Waals surface area contributed by atoms with Crippen LogP contribution in [0, 0.1) is 5.82 Å². The molecule has 2 heterocycles. The fourth-order valence-electron chi connectivity index (χ4n) is 4.15. The Labute approximate surface area is 183 Å². The van der Waals surface area contributed by atoms with Crippen LogP contribution in [0.1, 0.15) is 36.5 Å². The van der Waals surface area contributed by atoms with Crippen LogP contribution in [-0.4, -0.2) is 42.8 Å². The molecule has 1 N–H and O–H groups in total. The predicted molar refractivity (Wildman–Crippen MR) is 109 cm³/mol. The lowest BCUT2D eigenvalue weighted by atomic mass is 9.91. The second-order valence-electron chi connectivity index (χ2n) is 8.24. The van der Waals surface area contributed by atoms with E-state index < -0.39 is 29.3 Å². The van der Waals surface area contributed by atoms with E-state index in [0.717, 1.165) is 25.2 Å². The van der Waals surface area contributed by atoms with Gasteiger partial charge in [-0.1, -0.05) is 18.2 Å². The molecule has 2 saturated heterocycles. The molecule has 0 aliphatic carbocycles. The normalized spacial score (nSPS) is 19.4. The van der Waals surface area contributed by atoms with Gasteiger partial charge < -0.3 is 19.7 Å². The lowest BCUT2D eigenvalue weighted by molar-refractivity contribution is -0.137. The summed E-state index contributed by atoms with van der Waals surface area (Å²) in [6.07, 6.45) is -3.46. The Bertz CT molecular complexity index is 941. The van der Waals surface area contributed by atoms with Crippen molar-refractivity contribution in [3.8, 4) is 5.75 Å². The molecule has 2 aromatic rings. The van der Waals surface area contributed by atoms with Gasteiger partial charge >= 0.3 is 12.3 Å². The lowest BCUT2D eigenvalue weighted by Crippen LogP contribution is -2.47. The molecule has 2 fully saturated rings. The van der Waals surface area contributed by atoms with Crippen molar-refractivity contribution in [1.82, 2.24) is 10.2 Å². The third kappa shape index (κ3) is 5.32. The first-order valence-electron chi connectivity index (χ1n) is 10.5. The minimum Gasteiger partial charge on any atom is -0.486 e. The van der Waals surface area contributed by atoms with Crippen LogP contribution < -0.4 is 10.1 Å². The zero-order chi connectivity index (χ0) is 22.8. The predicted octanol–water partition coefficient (Wildman–Crippen LogP) is 4.93. The van der Waals surface area contributed by atoms with Gasteiger partial charge in [-0.2, -0.15) is 13.2 Å². The molecule has 1 spiro atoms. The molecule has 32 heavy (non-hydrogen) atoms. The summed E-state index contributed by atoms with van der Waals surface area (Å²) in [6.45, 7) is 2.61. The van der Waals surface area contributed by atoms with Crippen LogP contribution in [0.4, 0.5) is 22.4 Å². The molecule has 0 bridgehead atoms. The Morgan fingerprint density at radius 2 is 1.84 bits per heavy atom. The van der Waals surface area contributed by atoms with E-state index in [1.54, 1.807) is 12.1 Å². The average molecular weight is 452 g/mol. The summed E-state index contributed by atoms with van der Waals surface area (Å²) >= 11 is 0. The fraction of sp³-hybridized carbons (Fsp3) is 0.435. The third-order valence-electron chi connectivity index (χ3n) is 6.02. The number of nitrogens with zero attached hydrogens (tertiary/aromatic N) is 1. The van der Waals surface area contributed by atoms with Gasteiger partial charge in [-0.05, 0) is 35.9 Å². The van der Waals surface area contributed by atoms with E-state index in [1.165, 1.54) is 24.3 Å². The largest absolute Gasteiger partial charge is 0.486 e. The maximum atomic E-state index is 13.4. The molecular weight excluding hydrogens is 428 g/mol. The van der Waals surface area contributed by atoms with Gasteiger partial charge in [0.05, 0.1) is 12.1 Å². The molecular formula is C23H24F4N2O3. The van der Waals surface area contributed by atoms with Crippen LogP contribution >= 0.6 is 0 Å². The number of benzene rings is 2. The number of halogens is 4. The summed E-state index contributed by atoms with van der Waals surface area (Å²) in [5.74, 6) is -0.289. The van der Waals surface area contributed by atoms with Crippen molar-refractivity contribution in [2.45, 2.75) is 37.1 Å².